The molecule has 0 saturated heterocycles. The van der Waals surface area contributed by atoms with Gasteiger partial charge in [-0.2, -0.15) is 11.8 Å². The Morgan fingerprint density at radius 2 is 2.12 bits per heavy atom. The van der Waals surface area contributed by atoms with Gasteiger partial charge in [0.15, 0.2) is 0 Å². The molecule has 92 valence electrons. The van der Waals surface area contributed by atoms with E-state index < -0.39 is 0 Å². The Kier molecular flexibility index (Phi) is 5.28. The molecule has 0 aromatic carbocycles. The maximum Gasteiger partial charge on any atom is 0.0964 e. The van der Waals surface area contributed by atoms with E-state index in [2.05, 4.69) is 35.7 Å². The molecule has 1 aromatic rings. The number of aryl methyl sites for hydroxylation is 1. The van der Waals surface area contributed by atoms with Gasteiger partial charge in [0.25, 0.3) is 0 Å². The fraction of sp³-hybridized carbons (Fsp3) is 0.818. The summed E-state index contributed by atoms with van der Waals surface area (Å²) in [5, 5.41) is 11.4. The van der Waals surface area contributed by atoms with Crippen LogP contribution in [0.5, 0.6) is 0 Å². The summed E-state index contributed by atoms with van der Waals surface area (Å²) in [6, 6.07) is 0. The number of nitrogens with zero attached hydrogens (tertiary/aromatic N) is 3. The highest BCUT2D eigenvalue weighted by Gasteiger charge is 2.24. The Hall–Kier alpha value is -0.550. The van der Waals surface area contributed by atoms with Crippen LogP contribution in [0.25, 0.3) is 0 Å². The summed E-state index contributed by atoms with van der Waals surface area (Å²) < 4.78 is 2.10. The van der Waals surface area contributed by atoms with Crippen molar-refractivity contribution in [2.75, 3.05) is 12.8 Å². The van der Waals surface area contributed by atoms with E-state index in [0.29, 0.717) is 4.75 Å². The first-order valence-corrected chi connectivity index (χ1v) is 6.99. The van der Waals surface area contributed by atoms with E-state index in [1.54, 1.807) is 4.68 Å². The van der Waals surface area contributed by atoms with Crippen molar-refractivity contribution in [3.63, 3.8) is 0 Å². The van der Waals surface area contributed by atoms with Gasteiger partial charge in [0.05, 0.1) is 5.69 Å². The number of nitrogens with one attached hydrogen (secondary N) is 1. The summed E-state index contributed by atoms with van der Waals surface area (Å²) >= 11 is 1.95. The molecule has 5 heteroatoms. The highest BCUT2D eigenvalue weighted by Crippen LogP contribution is 2.29. The number of aromatic nitrogens is 3. The van der Waals surface area contributed by atoms with Crippen LogP contribution in [0.4, 0.5) is 0 Å². The minimum atomic E-state index is 0.363. The number of hydrogen-bond acceptors (Lipinski definition) is 4. The monoisotopic (exact) mass is 242 g/mol. The van der Waals surface area contributed by atoms with Gasteiger partial charge >= 0.3 is 0 Å². The lowest BCUT2D eigenvalue weighted by Crippen LogP contribution is -2.36. The predicted octanol–water partition coefficient (Wildman–Crippen LogP) is 1.83. The van der Waals surface area contributed by atoms with Crippen LogP contribution < -0.4 is 5.32 Å². The van der Waals surface area contributed by atoms with Gasteiger partial charge in [0.1, 0.15) is 0 Å². The van der Waals surface area contributed by atoms with Crippen molar-refractivity contribution in [3.05, 3.63) is 11.9 Å². The van der Waals surface area contributed by atoms with Crippen molar-refractivity contribution in [2.24, 2.45) is 7.05 Å². The molecule has 1 rings (SSSR count). The van der Waals surface area contributed by atoms with E-state index in [1.807, 2.05) is 25.0 Å². The first-order chi connectivity index (χ1) is 7.65. The third-order valence-electron chi connectivity index (χ3n) is 3.13. The molecular weight excluding hydrogens is 220 g/mol. The van der Waals surface area contributed by atoms with Crippen LogP contribution in [-0.4, -0.2) is 32.5 Å². The second kappa shape index (κ2) is 6.25. The van der Waals surface area contributed by atoms with Crippen molar-refractivity contribution >= 4 is 11.8 Å². The van der Waals surface area contributed by atoms with Crippen LogP contribution in [-0.2, 0) is 13.6 Å². The number of hydrogen-bond donors (Lipinski definition) is 1. The van der Waals surface area contributed by atoms with Crippen molar-refractivity contribution in [3.8, 4) is 0 Å². The van der Waals surface area contributed by atoms with Crippen LogP contribution in [0.1, 0.15) is 32.4 Å². The molecule has 0 unspecified atom stereocenters. The smallest absolute Gasteiger partial charge is 0.0964 e. The first-order valence-electron chi connectivity index (χ1n) is 5.77. The quantitative estimate of drug-likeness (QED) is 0.792. The maximum absolute atomic E-state index is 4.06. The van der Waals surface area contributed by atoms with E-state index in [0.717, 1.165) is 18.8 Å². The van der Waals surface area contributed by atoms with Crippen molar-refractivity contribution in [2.45, 2.75) is 38.0 Å². The zero-order chi connectivity index (χ0) is 12.0. The molecule has 16 heavy (non-hydrogen) atoms. The van der Waals surface area contributed by atoms with Crippen molar-refractivity contribution in [1.29, 1.82) is 0 Å². The highest BCUT2D eigenvalue weighted by molar-refractivity contribution is 8.00. The van der Waals surface area contributed by atoms with Crippen LogP contribution in [0.3, 0.4) is 0 Å². The van der Waals surface area contributed by atoms with Crippen LogP contribution in [0.2, 0.25) is 0 Å². The lowest BCUT2D eigenvalue weighted by Gasteiger charge is -2.29. The molecule has 1 N–H and O–H groups in total. The average Bonchev–Trinajstić information content (AvgIpc) is 2.71. The molecule has 0 spiro atoms. The molecule has 0 amide bonds. The summed E-state index contributed by atoms with van der Waals surface area (Å²) in [6.07, 6.45) is 6.53. The molecular formula is C11H22N4S. The SMILES string of the molecule is CCC(CC)(CNCc1cn(C)nn1)SC. The number of rotatable bonds is 7. The van der Waals surface area contributed by atoms with E-state index in [9.17, 15) is 0 Å². The standard InChI is InChI=1S/C11H22N4S/c1-5-11(6-2,16-4)9-12-7-10-8-15(3)14-13-10/h8,12H,5-7,9H2,1-4H3. The second-order valence-electron chi connectivity index (χ2n) is 4.08. The lowest BCUT2D eigenvalue weighted by molar-refractivity contribution is 0.492. The first kappa shape index (κ1) is 13.5. The van der Waals surface area contributed by atoms with Crippen LogP contribution in [0, 0.1) is 0 Å². The van der Waals surface area contributed by atoms with Gasteiger partial charge in [-0.05, 0) is 19.1 Å². The topological polar surface area (TPSA) is 42.7 Å². The predicted molar refractivity (Wildman–Crippen MR) is 69.5 cm³/mol. The summed E-state index contributed by atoms with van der Waals surface area (Å²) in [4.78, 5) is 0. The molecule has 1 aromatic heterocycles. The zero-order valence-electron chi connectivity index (χ0n) is 10.7. The Morgan fingerprint density at radius 1 is 1.44 bits per heavy atom. The number of thioether (sulfide) groups is 1. The van der Waals surface area contributed by atoms with Gasteiger partial charge in [-0.15, -0.1) is 5.10 Å². The molecule has 0 saturated carbocycles. The summed E-state index contributed by atoms with van der Waals surface area (Å²) in [5.74, 6) is 0. The molecule has 0 aliphatic heterocycles. The third kappa shape index (κ3) is 3.49. The summed E-state index contributed by atoms with van der Waals surface area (Å²) in [7, 11) is 1.89. The Labute approximate surface area is 102 Å². The van der Waals surface area contributed by atoms with Crippen LogP contribution >= 0.6 is 11.8 Å². The average molecular weight is 242 g/mol. The Morgan fingerprint density at radius 3 is 2.56 bits per heavy atom. The van der Waals surface area contributed by atoms with Gasteiger partial charge in [-0.25, -0.2) is 0 Å². The van der Waals surface area contributed by atoms with Gasteiger partial charge in [0, 0.05) is 31.1 Å². The van der Waals surface area contributed by atoms with Gasteiger partial charge in [0.2, 0.25) is 0 Å². The highest BCUT2D eigenvalue weighted by atomic mass is 32.2. The van der Waals surface area contributed by atoms with E-state index in [1.165, 1.54) is 12.8 Å². The molecule has 0 radical (unpaired) electrons. The van der Waals surface area contributed by atoms with Crippen LogP contribution in [0.15, 0.2) is 6.20 Å². The molecule has 0 bridgehead atoms. The molecule has 4 nitrogen and oxygen atoms in total. The minimum absolute atomic E-state index is 0.363. The molecule has 0 aliphatic rings. The normalized spacial score (nSPS) is 12.0. The second-order valence-corrected chi connectivity index (χ2v) is 5.36. The third-order valence-corrected chi connectivity index (χ3v) is 4.71. The van der Waals surface area contributed by atoms with Gasteiger partial charge in [-0.3, -0.25) is 4.68 Å². The van der Waals surface area contributed by atoms with Gasteiger partial charge in [-0.1, -0.05) is 19.1 Å². The summed E-state index contributed by atoms with van der Waals surface area (Å²) in [6.45, 7) is 6.34. The van der Waals surface area contributed by atoms with Crippen molar-refractivity contribution < 1.29 is 0 Å². The fourth-order valence-electron chi connectivity index (χ4n) is 1.76. The molecule has 0 fully saturated rings. The maximum atomic E-state index is 4.06. The minimum Gasteiger partial charge on any atom is -0.310 e. The van der Waals surface area contributed by atoms with Gasteiger partial charge < -0.3 is 5.32 Å². The molecule has 1 heterocycles. The zero-order valence-corrected chi connectivity index (χ0v) is 11.5. The van der Waals surface area contributed by atoms with E-state index in [4.69, 9.17) is 0 Å². The Bertz CT molecular complexity index is 298. The van der Waals surface area contributed by atoms with E-state index in [-0.39, 0.29) is 0 Å². The molecule has 0 aliphatic carbocycles. The summed E-state index contributed by atoms with van der Waals surface area (Å²) in [5.41, 5.74) is 1.00. The van der Waals surface area contributed by atoms with E-state index >= 15 is 0 Å². The largest absolute Gasteiger partial charge is 0.310 e. The fourth-order valence-corrected chi connectivity index (χ4v) is 2.58. The lowest BCUT2D eigenvalue weighted by atomic mass is 10.0. The molecule has 0 atom stereocenters. The Balaban J connectivity index is 2.39. The van der Waals surface area contributed by atoms with Crippen molar-refractivity contribution in [1.82, 2.24) is 20.3 Å².